The lowest BCUT2D eigenvalue weighted by Gasteiger charge is -2.07. The summed E-state index contributed by atoms with van der Waals surface area (Å²) in [5.74, 6) is -0.429. The van der Waals surface area contributed by atoms with Gasteiger partial charge in [-0.3, -0.25) is 14.7 Å². The van der Waals surface area contributed by atoms with Crippen LogP contribution in [0.25, 0.3) is 11.3 Å². The van der Waals surface area contributed by atoms with Crippen molar-refractivity contribution in [3.8, 4) is 17.0 Å². The van der Waals surface area contributed by atoms with Gasteiger partial charge in [0.1, 0.15) is 5.75 Å². The molecule has 0 spiro atoms. The van der Waals surface area contributed by atoms with Crippen LogP contribution in [-0.2, 0) is 11.2 Å². The number of H-pyrrole nitrogens is 1. The average molecular weight is 332 g/mol. The van der Waals surface area contributed by atoms with Gasteiger partial charge in [0.25, 0.3) is 0 Å². The normalized spacial score (nSPS) is 16.1. The number of nitrogens with zero attached hydrogens (tertiary/aromatic N) is 1. The minimum Gasteiger partial charge on any atom is -0.497 e. The highest BCUT2D eigenvalue weighted by Gasteiger charge is 2.38. The molecule has 124 valence electrons. The standard InChI is InChI=1S/C20H16N2O3/c1-25-14-6-4-5-12(9-14)18-11-13(21-22-18)10-17-15-7-2-3-8-16(15)19(23)20(17)24/h2-9,11,17H,10H2,1H3,(H,21,22). The zero-order chi connectivity index (χ0) is 17.4. The number of carbonyl (C=O) groups is 2. The Balaban J connectivity index is 1.61. The minimum atomic E-state index is -0.442. The molecule has 0 saturated heterocycles. The van der Waals surface area contributed by atoms with E-state index in [-0.39, 0.29) is 5.78 Å². The van der Waals surface area contributed by atoms with Crippen molar-refractivity contribution in [3.63, 3.8) is 0 Å². The number of aromatic nitrogens is 2. The van der Waals surface area contributed by atoms with Crippen molar-refractivity contribution in [2.24, 2.45) is 0 Å². The van der Waals surface area contributed by atoms with E-state index in [2.05, 4.69) is 10.2 Å². The van der Waals surface area contributed by atoms with Gasteiger partial charge in [0, 0.05) is 23.2 Å². The van der Waals surface area contributed by atoms with Crippen molar-refractivity contribution in [2.75, 3.05) is 7.11 Å². The molecule has 1 unspecified atom stereocenters. The number of ether oxygens (including phenoxy) is 1. The van der Waals surface area contributed by atoms with E-state index >= 15 is 0 Å². The molecule has 0 aliphatic heterocycles. The van der Waals surface area contributed by atoms with Crippen LogP contribution in [0.2, 0.25) is 0 Å². The topological polar surface area (TPSA) is 72.1 Å². The van der Waals surface area contributed by atoms with E-state index in [9.17, 15) is 9.59 Å². The van der Waals surface area contributed by atoms with Gasteiger partial charge in [0.15, 0.2) is 0 Å². The van der Waals surface area contributed by atoms with Gasteiger partial charge in [0.05, 0.1) is 18.7 Å². The molecule has 0 fully saturated rings. The fraction of sp³-hybridized carbons (Fsp3) is 0.150. The molecule has 3 aromatic rings. The molecule has 5 nitrogen and oxygen atoms in total. The van der Waals surface area contributed by atoms with Crippen LogP contribution in [0, 0.1) is 0 Å². The molecule has 1 aromatic heterocycles. The SMILES string of the molecule is COc1cccc(-c2cc(CC3C(=O)C(=O)c4ccccc43)[nH]n2)c1. The summed E-state index contributed by atoms with van der Waals surface area (Å²) < 4.78 is 5.24. The Kier molecular flexibility index (Phi) is 3.69. The molecule has 0 radical (unpaired) electrons. The maximum absolute atomic E-state index is 12.3. The second-order valence-corrected chi connectivity index (χ2v) is 6.05. The molecule has 1 atom stereocenters. The number of ketones is 2. The molecule has 2 aromatic carbocycles. The molecule has 1 aliphatic rings. The van der Waals surface area contributed by atoms with E-state index < -0.39 is 11.7 Å². The summed E-state index contributed by atoms with van der Waals surface area (Å²) in [7, 11) is 1.62. The smallest absolute Gasteiger partial charge is 0.229 e. The number of rotatable bonds is 4. The number of methoxy groups -OCH3 is 1. The fourth-order valence-corrected chi connectivity index (χ4v) is 3.26. The van der Waals surface area contributed by atoms with Gasteiger partial charge in [-0.2, -0.15) is 5.10 Å². The van der Waals surface area contributed by atoms with Crippen molar-refractivity contribution >= 4 is 11.6 Å². The number of fused-ring (bicyclic) bond motifs is 1. The van der Waals surface area contributed by atoms with E-state index in [4.69, 9.17) is 4.74 Å². The van der Waals surface area contributed by atoms with Gasteiger partial charge >= 0.3 is 0 Å². The van der Waals surface area contributed by atoms with Crippen LogP contribution >= 0.6 is 0 Å². The lowest BCUT2D eigenvalue weighted by Crippen LogP contribution is -2.14. The summed E-state index contributed by atoms with van der Waals surface area (Å²) in [5.41, 5.74) is 3.84. The summed E-state index contributed by atoms with van der Waals surface area (Å²) in [5, 5.41) is 7.31. The Morgan fingerprint density at radius 1 is 1.08 bits per heavy atom. The van der Waals surface area contributed by atoms with Crippen LogP contribution in [0.3, 0.4) is 0 Å². The van der Waals surface area contributed by atoms with Crippen LogP contribution in [0.1, 0.15) is 27.5 Å². The molecule has 0 saturated carbocycles. The van der Waals surface area contributed by atoms with Crippen LogP contribution in [0.5, 0.6) is 5.75 Å². The Bertz CT molecular complexity index is 974. The first-order chi connectivity index (χ1) is 12.2. The van der Waals surface area contributed by atoms with Crippen molar-refractivity contribution in [1.29, 1.82) is 0 Å². The second-order valence-electron chi connectivity index (χ2n) is 6.05. The van der Waals surface area contributed by atoms with Crippen LogP contribution in [0.4, 0.5) is 0 Å². The van der Waals surface area contributed by atoms with Crippen LogP contribution < -0.4 is 4.74 Å². The van der Waals surface area contributed by atoms with Gasteiger partial charge in [-0.25, -0.2) is 0 Å². The van der Waals surface area contributed by atoms with Crippen molar-refractivity contribution in [2.45, 2.75) is 12.3 Å². The van der Waals surface area contributed by atoms with Crippen molar-refractivity contribution in [3.05, 3.63) is 71.4 Å². The molecule has 4 rings (SSSR count). The van der Waals surface area contributed by atoms with Gasteiger partial charge in [-0.1, -0.05) is 36.4 Å². The molecule has 25 heavy (non-hydrogen) atoms. The minimum absolute atomic E-state index is 0.348. The Morgan fingerprint density at radius 2 is 1.92 bits per heavy atom. The predicted molar refractivity (Wildman–Crippen MR) is 92.8 cm³/mol. The molecule has 0 amide bonds. The Labute approximate surface area is 144 Å². The van der Waals surface area contributed by atoms with Gasteiger partial charge in [-0.15, -0.1) is 0 Å². The lowest BCUT2D eigenvalue weighted by molar-refractivity contribution is -0.115. The summed E-state index contributed by atoms with van der Waals surface area (Å²) >= 11 is 0. The molecular weight excluding hydrogens is 316 g/mol. The summed E-state index contributed by atoms with van der Waals surface area (Å²) in [6, 6.07) is 16.7. The number of nitrogens with one attached hydrogen (secondary N) is 1. The fourth-order valence-electron chi connectivity index (χ4n) is 3.26. The molecule has 1 aliphatic carbocycles. The number of aromatic amines is 1. The largest absolute Gasteiger partial charge is 0.497 e. The van der Waals surface area contributed by atoms with Crippen LogP contribution in [0.15, 0.2) is 54.6 Å². The summed E-state index contributed by atoms with van der Waals surface area (Å²) in [4.78, 5) is 24.4. The van der Waals surface area contributed by atoms with Crippen molar-refractivity contribution in [1.82, 2.24) is 10.2 Å². The van der Waals surface area contributed by atoms with E-state index in [1.807, 2.05) is 42.5 Å². The summed E-state index contributed by atoms with van der Waals surface area (Å²) in [6.45, 7) is 0. The zero-order valence-electron chi connectivity index (χ0n) is 13.7. The third kappa shape index (κ3) is 2.63. The van der Waals surface area contributed by atoms with Gasteiger partial charge in [0.2, 0.25) is 11.6 Å². The maximum atomic E-state index is 12.3. The highest BCUT2D eigenvalue weighted by Crippen LogP contribution is 2.33. The monoisotopic (exact) mass is 332 g/mol. The third-order valence-electron chi connectivity index (χ3n) is 4.54. The quantitative estimate of drug-likeness (QED) is 0.745. The van der Waals surface area contributed by atoms with Crippen molar-refractivity contribution < 1.29 is 14.3 Å². The number of hydrogen-bond donors (Lipinski definition) is 1. The highest BCUT2D eigenvalue weighted by molar-refractivity contribution is 6.48. The zero-order valence-corrected chi connectivity index (χ0v) is 13.7. The average Bonchev–Trinajstić information content (AvgIpc) is 3.22. The van der Waals surface area contributed by atoms with E-state index in [0.717, 1.165) is 28.3 Å². The first kappa shape index (κ1) is 15.3. The lowest BCUT2D eigenvalue weighted by atomic mass is 9.95. The predicted octanol–water partition coefficient (Wildman–Crippen LogP) is 3.18. The highest BCUT2D eigenvalue weighted by atomic mass is 16.5. The summed E-state index contributed by atoms with van der Waals surface area (Å²) in [6.07, 6.45) is 0.429. The van der Waals surface area contributed by atoms with Crippen LogP contribution in [-0.4, -0.2) is 28.9 Å². The molecule has 1 heterocycles. The molecule has 1 N–H and O–H groups in total. The third-order valence-corrected chi connectivity index (χ3v) is 4.54. The maximum Gasteiger partial charge on any atom is 0.229 e. The van der Waals surface area contributed by atoms with Gasteiger partial charge < -0.3 is 4.74 Å². The van der Waals surface area contributed by atoms with E-state index in [1.54, 1.807) is 19.2 Å². The molecular formula is C20H16N2O3. The number of Topliss-reactive ketones (excluding diaryl/α,β-unsaturated/α-hetero) is 2. The number of carbonyl (C=O) groups excluding carboxylic acids is 2. The first-order valence-corrected chi connectivity index (χ1v) is 8.03. The van der Waals surface area contributed by atoms with E-state index in [1.165, 1.54) is 0 Å². The number of hydrogen-bond acceptors (Lipinski definition) is 4. The Hall–Kier alpha value is -3.21. The van der Waals surface area contributed by atoms with E-state index in [0.29, 0.717) is 12.0 Å². The first-order valence-electron chi connectivity index (χ1n) is 8.03. The second kappa shape index (κ2) is 6.02. The van der Waals surface area contributed by atoms with Gasteiger partial charge in [-0.05, 0) is 23.8 Å². The molecule has 5 heteroatoms. The number of benzene rings is 2. The molecule has 0 bridgehead atoms. The Morgan fingerprint density at radius 3 is 2.76 bits per heavy atom.